The fourth-order valence-electron chi connectivity index (χ4n) is 1.38. The third kappa shape index (κ3) is 3.08. The summed E-state index contributed by atoms with van der Waals surface area (Å²) < 4.78 is 0. The van der Waals surface area contributed by atoms with Gasteiger partial charge in [-0.3, -0.25) is 0 Å². The molecule has 1 rings (SSSR count). The molecule has 0 unspecified atom stereocenters. The van der Waals surface area contributed by atoms with Gasteiger partial charge >= 0.3 is 0 Å². The Balaban J connectivity index is 3.23. The van der Waals surface area contributed by atoms with Gasteiger partial charge in [0.2, 0.25) is 0 Å². The maximum absolute atomic E-state index is 9.83. The van der Waals surface area contributed by atoms with Crippen LogP contribution >= 0.6 is 24.4 Å². The molecule has 3 heteroatoms. The first-order valence-electron chi connectivity index (χ1n) is 4.90. The number of phenols is 1. The van der Waals surface area contributed by atoms with E-state index in [0.29, 0.717) is 10.6 Å². The van der Waals surface area contributed by atoms with Crippen molar-refractivity contribution in [3.63, 3.8) is 0 Å². The highest BCUT2D eigenvalue weighted by atomic mass is 32.2. The highest BCUT2D eigenvalue weighted by Crippen LogP contribution is 2.34. The summed E-state index contributed by atoms with van der Waals surface area (Å²) in [6.45, 7) is 6.49. The van der Waals surface area contributed by atoms with E-state index >= 15 is 0 Å². The lowest BCUT2D eigenvalue weighted by Crippen LogP contribution is -2.11. The maximum atomic E-state index is 9.83. The molecule has 1 nitrogen and oxygen atoms in total. The normalized spacial score (nSPS) is 11.8. The summed E-state index contributed by atoms with van der Waals surface area (Å²) >= 11 is 6.01. The van der Waals surface area contributed by atoms with Crippen molar-refractivity contribution in [1.82, 2.24) is 0 Å². The smallest absolute Gasteiger partial charge is 0.132 e. The quantitative estimate of drug-likeness (QED) is 0.768. The lowest BCUT2D eigenvalue weighted by molar-refractivity contribution is 0.456. The highest BCUT2D eigenvalue weighted by Gasteiger charge is 2.17. The minimum absolute atomic E-state index is 0.0956. The van der Waals surface area contributed by atoms with Crippen LogP contribution in [-0.2, 0) is 11.2 Å². The average molecular weight is 242 g/mol. The second-order valence-corrected chi connectivity index (χ2v) is 6.03. The Bertz CT molecular complexity index is 353. The Morgan fingerprint density at radius 2 is 1.93 bits per heavy atom. The predicted molar refractivity (Wildman–Crippen MR) is 71.3 cm³/mol. The van der Waals surface area contributed by atoms with Gasteiger partial charge in [0.05, 0.1) is 0 Å². The van der Waals surface area contributed by atoms with Gasteiger partial charge in [0.25, 0.3) is 0 Å². The van der Waals surface area contributed by atoms with Crippen molar-refractivity contribution in [3.05, 3.63) is 23.3 Å². The van der Waals surface area contributed by atoms with Crippen molar-refractivity contribution >= 4 is 24.4 Å². The van der Waals surface area contributed by atoms with Crippen LogP contribution in [0.15, 0.2) is 17.0 Å². The van der Waals surface area contributed by atoms with Gasteiger partial charge in [-0.15, -0.1) is 12.6 Å². The first kappa shape index (κ1) is 12.8. The number of hydrogen-bond donors (Lipinski definition) is 2. The molecule has 0 saturated heterocycles. The molecule has 0 aliphatic carbocycles. The van der Waals surface area contributed by atoms with E-state index in [1.54, 1.807) is 11.8 Å². The number of thioether (sulfide) groups is 1. The molecule has 0 amide bonds. The molecule has 0 bridgehead atoms. The van der Waals surface area contributed by atoms with E-state index in [1.165, 1.54) is 5.56 Å². The zero-order valence-electron chi connectivity index (χ0n) is 9.66. The molecule has 0 spiro atoms. The van der Waals surface area contributed by atoms with Crippen LogP contribution in [0.3, 0.4) is 0 Å². The topological polar surface area (TPSA) is 20.2 Å². The molecule has 0 atom stereocenters. The van der Waals surface area contributed by atoms with Gasteiger partial charge in [0.1, 0.15) is 5.75 Å². The number of phenolic OH excluding ortho intramolecular Hbond substituents is 1. The first-order valence-corrected chi connectivity index (χ1v) is 6.74. The van der Waals surface area contributed by atoms with Crippen molar-refractivity contribution in [3.8, 4) is 5.75 Å². The molecule has 1 N–H and O–H groups in total. The molecule has 0 heterocycles. The summed E-state index contributed by atoms with van der Waals surface area (Å²) in [4.78, 5) is 0.673. The lowest BCUT2D eigenvalue weighted by atomic mass is 9.86. The third-order valence-corrected chi connectivity index (χ3v) is 3.28. The predicted octanol–water partition coefficient (Wildman–Crippen LogP) is 3.84. The molecule has 0 fully saturated rings. The van der Waals surface area contributed by atoms with Crippen molar-refractivity contribution in [2.24, 2.45) is 0 Å². The minimum Gasteiger partial charge on any atom is -0.506 e. The zero-order chi connectivity index (χ0) is 11.6. The van der Waals surface area contributed by atoms with Crippen LogP contribution in [0.2, 0.25) is 0 Å². The van der Waals surface area contributed by atoms with Gasteiger partial charge in [-0.1, -0.05) is 26.8 Å². The van der Waals surface area contributed by atoms with Gasteiger partial charge in [-0.25, -0.2) is 0 Å². The van der Waals surface area contributed by atoms with Crippen molar-refractivity contribution < 1.29 is 5.11 Å². The van der Waals surface area contributed by atoms with Gasteiger partial charge in [0.15, 0.2) is 0 Å². The summed E-state index contributed by atoms with van der Waals surface area (Å²) in [6, 6.07) is 4.02. The molecule has 0 aliphatic heterocycles. The molecular formula is C12H18OS2. The summed E-state index contributed by atoms with van der Waals surface area (Å²) in [5.74, 6) is 1.14. The van der Waals surface area contributed by atoms with Gasteiger partial charge in [-0.05, 0) is 23.3 Å². The molecule has 0 aromatic heterocycles. The lowest BCUT2D eigenvalue weighted by Gasteiger charge is -2.21. The van der Waals surface area contributed by atoms with Crippen LogP contribution in [0.1, 0.15) is 31.9 Å². The standard InChI is InChI=1S/C12H18OS2/c1-12(2,3)9-5-8(7-15-4)11(13)10(14)6-9/h5-6,13-14H,7H2,1-4H3. The fraction of sp³-hybridized carbons (Fsp3) is 0.500. The van der Waals surface area contributed by atoms with Crippen LogP contribution in [0.5, 0.6) is 5.75 Å². The third-order valence-electron chi connectivity index (χ3n) is 2.33. The summed E-state index contributed by atoms with van der Waals surface area (Å²) in [5, 5.41) is 9.83. The molecule has 0 radical (unpaired) electrons. The molecular weight excluding hydrogens is 224 g/mol. The van der Waals surface area contributed by atoms with Gasteiger partial charge in [0, 0.05) is 16.2 Å². The molecule has 84 valence electrons. The Hall–Kier alpha value is -0.280. The van der Waals surface area contributed by atoms with Gasteiger partial charge in [-0.2, -0.15) is 11.8 Å². The number of rotatable bonds is 2. The summed E-state index contributed by atoms with van der Waals surface area (Å²) in [7, 11) is 0. The molecule has 1 aromatic rings. The number of benzene rings is 1. The zero-order valence-corrected chi connectivity index (χ0v) is 11.4. The van der Waals surface area contributed by atoms with Crippen molar-refractivity contribution in [1.29, 1.82) is 0 Å². The largest absolute Gasteiger partial charge is 0.506 e. The molecule has 15 heavy (non-hydrogen) atoms. The monoisotopic (exact) mass is 242 g/mol. The van der Waals surface area contributed by atoms with Crippen molar-refractivity contribution in [2.75, 3.05) is 6.26 Å². The highest BCUT2D eigenvalue weighted by molar-refractivity contribution is 7.97. The van der Waals surface area contributed by atoms with E-state index in [1.807, 2.05) is 12.3 Å². The van der Waals surface area contributed by atoms with Crippen LogP contribution in [-0.4, -0.2) is 11.4 Å². The second-order valence-electron chi connectivity index (χ2n) is 4.69. The minimum atomic E-state index is 0.0956. The van der Waals surface area contributed by atoms with Crippen LogP contribution in [0, 0.1) is 0 Å². The summed E-state index contributed by atoms with van der Waals surface area (Å²) in [6.07, 6.45) is 2.03. The van der Waals surface area contributed by atoms with E-state index in [9.17, 15) is 5.11 Å². The van der Waals surface area contributed by atoms with Crippen LogP contribution in [0.25, 0.3) is 0 Å². The summed E-state index contributed by atoms with van der Waals surface area (Å²) in [5.41, 5.74) is 2.28. The number of hydrogen-bond acceptors (Lipinski definition) is 3. The van der Waals surface area contributed by atoms with E-state index in [2.05, 4.69) is 39.5 Å². The van der Waals surface area contributed by atoms with Crippen LogP contribution < -0.4 is 0 Å². The molecule has 1 aromatic carbocycles. The Morgan fingerprint density at radius 3 is 2.40 bits per heavy atom. The van der Waals surface area contributed by atoms with E-state index in [4.69, 9.17) is 0 Å². The van der Waals surface area contributed by atoms with Gasteiger partial charge < -0.3 is 5.11 Å². The number of thiol groups is 1. The SMILES string of the molecule is CSCc1cc(C(C)(C)C)cc(S)c1O. The first-order chi connectivity index (χ1) is 6.86. The Kier molecular flexibility index (Phi) is 4.01. The maximum Gasteiger partial charge on any atom is 0.132 e. The van der Waals surface area contributed by atoms with E-state index in [0.717, 1.165) is 11.3 Å². The average Bonchev–Trinajstić information content (AvgIpc) is 2.11. The molecule has 0 aliphatic rings. The van der Waals surface area contributed by atoms with E-state index < -0.39 is 0 Å². The Labute approximate surface area is 102 Å². The fourth-order valence-corrected chi connectivity index (χ4v) is 2.19. The van der Waals surface area contributed by atoms with Crippen LogP contribution in [0.4, 0.5) is 0 Å². The Morgan fingerprint density at radius 1 is 1.33 bits per heavy atom. The van der Waals surface area contributed by atoms with E-state index in [-0.39, 0.29) is 5.41 Å². The van der Waals surface area contributed by atoms with Crippen molar-refractivity contribution in [2.45, 2.75) is 36.8 Å². The number of aromatic hydroxyl groups is 1. The molecule has 0 saturated carbocycles. The second kappa shape index (κ2) is 4.71.